The second-order valence-electron chi connectivity index (χ2n) is 7.33. The SMILES string of the molecule is Cc1ccc(S(=O)(=O)N(CCCN2CCOCC2)CC(=O)Nc2cc(C)on2)cc1. The third-order valence-corrected chi connectivity index (χ3v) is 6.72. The van der Waals surface area contributed by atoms with Crippen LogP contribution in [0.5, 0.6) is 0 Å². The highest BCUT2D eigenvalue weighted by molar-refractivity contribution is 7.89. The van der Waals surface area contributed by atoms with Gasteiger partial charge in [0.1, 0.15) is 5.76 Å². The molecule has 1 aromatic heterocycles. The number of hydrogen-bond donors (Lipinski definition) is 1. The Morgan fingerprint density at radius 1 is 1.20 bits per heavy atom. The first-order valence-electron chi connectivity index (χ1n) is 9.95. The molecule has 3 rings (SSSR count). The number of carbonyl (C=O) groups excluding carboxylic acids is 1. The summed E-state index contributed by atoms with van der Waals surface area (Å²) in [5, 5.41) is 6.31. The molecule has 2 heterocycles. The van der Waals surface area contributed by atoms with Gasteiger partial charge in [-0.3, -0.25) is 9.69 Å². The molecule has 1 aliphatic rings. The molecule has 0 radical (unpaired) electrons. The van der Waals surface area contributed by atoms with Gasteiger partial charge in [-0.1, -0.05) is 22.9 Å². The van der Waals surface area contributed by atoms with E-state index >= 15 is 0 Å². The molecule has 164 valence electrons. The summed E-state index contributed by atoms with van der Waals surface area (Å²) in [6.45, 7) is 7.31. The first-order valence-corrected chi connectivity index (χ1v) is 11.4. The summed E-state index contributed by atoms with van der Waals surface area (Å²) >= 11 is 0. The summed E-state index contributed by atoms with van der Waals surface area (Å²) in [4.78, 5) is 14.9. The Balaban J connectivity index is 1.69. The minimum atomic E-state index is -3.82. The van der Waals surface area contributed by atoms with E-state index < -0.39 is 15.9 Å². The maximum atomic E-state index is 13.2. The van der Waals surface area contributed by atoms with Crippen LogP contribution in [0.25, 0.3) is 0 Å². The summed E-state index contributed by atoms with van der Waals surface area (Å²) < 4.78 is 37.9. The van der Waals surface area contributed by atoms with Gasteiger partial charge in [0.25, 0.3) is 0 Å². The fraction of sp³-hybridized carbons (Fsp3) is 0.500. The minimum Gasteiger partial charge on any atom is -0.379 e. The smallest absolute Gasteiger partial charge is 0.243 e. The molecule has 1 saturated heterocycles. The Morgan fingerprint density at radius 3 is 2.53 bits per heavy atom. The van der Waals surface area contributed by atoms with Gasteiger partial charge in [-0.05, 0) is 38.9 Å². The Labute approximate surface area is 177 Å². The van der Waals surface area contributed by atoms with Crippen molar-refractivity contribution >= 4 is 21.7 Å². The number of carbonyl (C=O) groups is 1. The number of morpholine rings is 1. The average Bonchev–Trinajstić information content (AvgIpc) is 3.12. The molecule has 1 N–H and O–H groups in total. The minimum absolute atomic E-state index is 0.171. The molecule has 9 nitrogen and oxygen atoms in total. The fourth-order valence-corrected chi connectivity index (χ4v) is 4.64. The van der Waals surface area contributed by atoms with Crippen LogP contribution in [0.1, 0.15) is 17.7 Å². The molecule has 2 aromatic rings. The largest absolute Gasteiger partial charge is 0.379 e. The van der Waals surface area contributed by atoms with Crippen LogP contribution in [0.4, 0.5) is 5.82 Å². The van der Waals surface area contributed by atoms with Crippen molar-refractivity contribution in [1.82, 2.24) is 14.4 Å². The van der Waals surface area contributed by atoms with Crippen molar-refractivity contribution in [1.29, 1.82) is 0 Å². The number of ether oxygens (including phenoxy) is 1. The number of anilines is 1. The highest BCUT2D eigenvalue weighted by atomic mass is 32.2. The van der Waals surface area contributed by atoms with E-state index in [0.717, 1.165) is 25.2 Å². The third-order valence-electron chi connectivity index (χ3n) is 4.86. The Bertz CT molecular complexity index is 936. The van der Waals surface area contributed by atoms with Gasteiger partial charge in [-0.15, -0.1) is 0 Å². The van der Waals surface area contributed by atoms with E-state index in [2.05, 4.69) is 15.4 Å². The first kappa shape index (κ1) is 22.4. The maximum Gasteiger partial charge on any atom is 0.243 e. The van der Waals surface area contributed by atoms with Gasteiger partial charge < -0.3 is 14.6 Å². The second kappa shape index (κ2) is 10.2. The fourth-order valence-electron chi connectivity index (χ4n) is 3.21. The molecule has 0 atom stereocenters. The molecule has 1 amide bonds. The van der Waals surface area contributed by atoms with Crippen LogP contribution in [0.3, 0.4) is 0 Å². The number of rotatable bonds is 9. The van der Waals surface area contributed by atoms with Gasteiger partial charge in [-0.2, -0.15) is 4.31 Å². The number of sulfonamides is 1. The summed E-state index contributed by atoms with van der Waals surface area (Å²) in [5.74, 6) is 0.351. The van der Waals surface area contributed by atoms with Crippen molar-refractivity contribution in [2.45, 2.75) is 25.2 Å². The Morgan fingerprint density at radius 2 is 1.90 bits per heavy atom. The average molecular weight is 437 g/mol. The van der Waals surface area contributed by atoms with E-state index in [1.54, 1.807) is 37.3 Å². The molecule has 1 fully saturated rings. The van der Waals surface area contributed by atoms with Crippen molar-refractivity contribution in [3.8, 4) is 0 Å². The van der Waals surface area contributed by atoms with E-state index in [9.17, 15) is 13.2 Å². The molecule has 0 saturated carbocycles. The van der Waals surface area contributed by atoms with Crippen LogP contribution in [-0.4, -0.2) is 74.6 Å². The van der Waals surface area contributed by atoms with Crippen LogP contribution < -0.4 is 5.32 Å². The van der Waals surface area contributed by atoms with E-state index in [1.807, 2.05) is 6.92 Å². The normalized spacial score (nSPS) is 15.4. The molecule has 30 heavy (non-hydrogen) atoms. The molecule has 0 unspecified atom stereocenters. The monoisotopic (exact) mass is 436 g/mol. The standard InChI is InChI=1S/C20H28N4O5S/c1-16-4-6-18(7-5-16)30(26,27)24(9-3-8-23-10-12-28-13-11-23)15-20(25)21-19-14-17(2)29-22-19/h4-7,14H,3,8-13,15H2,1-2H3,(H,21,22,25). The lowest BCUT2D eigenvalue weighted by Crippen LogP contribution is -2.41. The van der Waals surface area contributed by atoms with Crippen LogP contribution in [0, 0.1) is 13.8 Å². The van der Waals surface area contributed by atoms with Crippen molar-refractivity contribution in [2.24, 2.45) is 0 Å². The molecule has 0 spiro atoms. The number of aromatic nitrogens is 1. The number of nitrogens with one attached hydrogen (secondary N) is 1. The molecular weight excluding hydrogens is 408 g/mol. The predicted molar refractivity (Wildman–Crippen MR) is 112 cm³/mol. The van der Waals surface area contributed by atoms with Crippen molar-refractivity contribution in [2.75, 3.05) is 51.3 Å². The van der Waals surface area contributed by atoms with Gasteiger partial charge in [-0.25, -0.2) is 8.42 Å². The van der Waals surface area contributed by atoms with Gasteiger partial charge in [0, 0.05) is 25.7 Å². The van der Waals surface area contributed by atoms with Crippen molar-refractivity contribution < 1.29 is 22.5 Å². The first-order chi connectivity index (χ1) is 14.3. The highest BCUT2D eigenvalue weighted by Gasteiger charge is 2.27. The summed E-state index contributed by atoms with van der Waals surface area (Å²) in [7, 11) is -3.82. The Hall–Kier alpha value is -2.27. The van der Waals surface area contributed by atoms with Gasteiger partial charge in [0.2, 0.25) is 15.9 Å². The topological polar surface area (TPSA) is 105 Å². The molecule has 10 heteroatoms. The van der Waals surface area contributed by atoms with Crippen LogP contribution in [0.15, 0.2) is 39.8 Å². The van der Waals surface area contributed by atoms with Crippen LogP contribution >= 0.6 is 0 Å². The molecular formula is C20H28N4O5S. The number of aryl methyl sites for hydroxylation is 2. The second-order valence-corrected chi connectivity index (χ2v) is 9.27. The quantitative estimate of drug-likeness (QED) is 0.637. The van der Waals surface area contributed by atoms with Gasteiger partial charge in [0.15, 0.2) is 5.82 Å². The van der Waals surface area contributed by atoms with Gasteiger partial charge >= 0.3 is 0 Å². The number of benzene rings is 1. The lowest BCUT2D eigenvalue weighted by Gasteiger charge is -2.28. The number of hydrogen-bond acceptors (Lipinski definition) is 7. The predicted octanol–water partition coefficient (Wildman–Crippen LogP) is 1.64. The van der Waals surface area contributed by atoms with E-state index in [-0.39, 0.29) is 23.8 Å². The zero-order valence-electron chi connectivity index (χ0n) is 17.3. The molecule has 0 aliphatic carbocycles. The zero-order chi connectivity index (χ0) is 21.6. The van der Waals surface area contributed by atoms with Crippen molar-refractivity contribution in [3.05, 3.63) is 41.7 Å². The summed E-state index contributed by atoms with van der Waals surface area (Å²) in [6, 6.07) is 8.21. The molecule has 1 aromatic carbocycles. The third kappa shape index (κ3) is 6.11. The van der Waals surface area contributed by atoms with Crippen LogP contribution in [0.2, 0.25) is 0 Å². The molecule has 1 aliphatic heterocycles. The van der Waals surface area contributed by atoms with Crippen molar-refractivity contribution in [3.63, 3.8) is 0 Å². The number of nitrogens with zero attached hydrogens (tertiary/aromatic N) is 3. The zero-order valence-corrected chi connectivity index (χ0v) is 18.2. The van der Waals surface area contributed by atoms with E-state index in [1.165, 1.54) is 4.31 Å². The van der Waals surface area contributed by atoms with E-state index in [4.69, 9.17) is 9.26 Å². The van der Waals surface area contributed by atoms with Crippen LogP contribution in [-0.2, 0) is 19.6 Å². The van der Waals surface area contributed by atoms with Gasteiger partial charge in [0.05, 0.1) is 24.7 Å². The lowest BCUT2D eigenvalue weighted by molar-refractivity contribution is -0.116. The summed E-state index contributed by atoms with van der Waals surface area (Å²) in [5.41, 5.74) is 0.965. The molecule has 0 bridgehead atoms. The summed E-state index contributed by atoms with van der Waals surface area (Å²) in [6.07, 6.45) is 0.613. The Kier molecular flexibility index (Phi) is 7.59. The number of amides is 1. The lowest BCUT2D eigenvalue weighted by atomic mass is 10.2. The maximum absolute atomic E-state index is 13.2. The van der Waals surface area contributed by atoms with E-state index in [0.29, 0.717) is 25.4 Å². The highest BCUT2D eigenvalue weighted by Crippen LogP contribution is 2.17.